The van der Waals surface area contributed by atoms with Gasteiger partial charge in [-0.1, -0.05) is 72.8 Å². The van der Waals surface area contributed by atoms with Crippen LogP contribution in [0.1, 0.15) is 31.1 Å². The van der Waals surface area contributed by atoms with Gasteiger partial charge >= 0.3 is 11.9 Å². The third kappa shape index (κ3) is 5.06. The van der Waals surface area contributed by atoms with Gasteiger partial charge in [0, 0.05) is 5.56 Å². The minimum Gasteiger partial charge on any atom is -0.478 e. The predicted molar refractivity (Wildman–Crippen MR) is 144 cm³/mol. The number of esters is 1. The molecule has 0 spiro atoms. The number of anilines is 1. The van der Waals surface area contributed by atoms with Crippen LogP contribution in [0.25, 0.3) is 21.5 Å². The molecule has 0 unspecified atom stereocenters. The summed E-state index contributed by atoms with van der Waals surface area (Å²) in [4.78, 5) is 37.9. The minimum atomic E-state index is -4.90. The molecule has 9 nitrogen and oxygen atoms in total. The molecule has 0 aliphatic rings. The second-order valence-corrected chi connectivity index (χ2v) is 9.95. The number of carbonyl (C=O) groups is 3. The van der Waals surface area contributed by atoms with Crippen LogP contribution in [0.5, 0.6) is 5.75 Å². The Morgan fingerprint density at radius 2 is 1.23 bits per heavy atom. The van der Waals surface area contributed by atoms with Gasteiger partial charge in [0.15, 0.2) is 5.75 Å². The Balaban J connectivity index is 1.64. The highest BCUT2D eigenvalue weighted by Gasteiger charge is 2.26. The number of amides is 1. The molecule has 0 atom stereocenters. The zero-order valence-electron chi connectivity index (χ0n) is 20.0. The molecule has 3 N–H and O–H groups in total. The number of rotatable bonds is 6. The molecule has 1 amide bonds. The summed E-state index contributed by atoms with van der Waals surface area (Å²) in [5.41, 5.74) is -0.871. The number of carboxylic acid groups (broad SMARTS) is 1. The molecule has 0 bridgehead atoms. The number of hydrogen-bond donors (Lipinski definition) is 3. The molecule has 0 aromatic heterocycles. The standard InChI is InChI=1S/C29H19NO8S/c31-27(22-13-5-9-17-7-1-3-11-20(17)22)30-25-16-19(39(35,36)37)15-24(28(32)33)26(25)38-29(34)23-14-6-10-18-8-2-4-12-21(18)23/h1-16H,(H,30,31)(H,32,33)(H,35,36,37). The summed E-state index contributed by atoms with van der Waals surface area (Å²) in [5, 5.41) is 14.9. The molecule has 0 aliphatic heterocycles. The van der Waals surface area contributed by atoms with E-state index in [0.29, 0.717) is 16.8 Å². The van der Waals surface area contributed by atoms with E-state index < -0.39 is 49.9 Å². The lowest BCUT2D eigenvalue weighted by atomic mass is 10.0. The first-order valence-electron chi connectivity index (χ1n) is 11.5. The fourth-order valence-electron chi connectivity index (χ4n) is 4.28. The summed E-state index contributed by atoms with van der Waals surface area (Å²) in [6.45, 7) is 0. The lowest BCUT2D eigenvalue weighted by Crippen LogP contribution is -2.18. The number of hydrogen-bond acceptors (Lipinski definition) is 6. The van der Waals surface area contributed by atoms with Gasteiger partial charge < -0.3 is 15.2 Å². The van der Waals surface area contributed by atoms with Gasteiger partial charge in [0.1, 0.15) is 5.56 Å². The van der Waals surface area contributed by atoms with Crippen LogP contribution in [-0.4, -0.2) is 35.9 Å². The molecular formula is C29H19NO8S. The van der Waals surface area contributed by atoms with Gasteiger partial charge in [-0.3, -0.25) is 9.35 Å². The van der Waals surface area contributed by atoms with Crippen LogP contribution in [0.15, 0.2) is 102 Å². The molecule has 0 heterocycles. The first-order valence-corrected chi connectivity index (χ1v) is 13.0. The lowest BCUT2D eigenvalue weighted by molar-refractivity contribution is 0.0681. The maximum atomic E-state index is 13.3. The van der Waals surface area contributed by atoms with E-state index in [0.717, 1.165) is 16.8 Å². The summed E-state index contributed by atoms with van der Waals surface area (Å²) in [5.74, 6) is -3.91. The van der Waals surface area contributed by atoms with Crippen LogP contribution in [-0.2, 0) is 10.1 Å². The van der Waals surface area contributed by atoms with Crippen LogP contribution in [0.3, 0.4) is 0 Å². The van der Waals surface area contributed by atoms with Crippen LogP contribution in [0, 0.1) is 0 Å². The fraction of sp³-hybridized carbons (Fsp3) is 0. The molecule has 0 aliphatic carbocycles. The van der Waals surface area contributed by atoms with Gasteiger partial charge in [-0.15, -0.1) is 0 Å². The molecule has 0 saturated heterocycles. The fourth-order valence-corrected chi connectivity index (χ4v) is 4.81. The number of aromatic carboxylic acids is 1. The van der Waals surface area contributed by atoms with E-state index in [4.69, 9.17) is 4.74 Å². The van der Waals surface area contributed by atoms with Crippen molar-refractivity contribution in [2.24, 2.45) is 0 Å². The highest BCUT2D eigenvalue weighted by Crippen LogP contribution is 2.35. The van der Waals surface area contributed by atoms with Crippen molar-refractivity contribution in [1.82, 2.24) is 0 Å². The molecule has 5 aromatic carbocycles. The largest absolute Gasteiger partial charge is 0.478 e. The Morgan fingerprint density at radius 3 is 1.82 bits per heavy atom. The van der Waals surface area contributed by atoms with Crippen molar-refractivity contribution in [3.63, 3.8) is 0 Å². The van der Waals surface area contributed by atoms with Crippen molar-refractivity contribution in [2.75, 3.05) is 5.32 Å². The molecule has 39 heavy (non-hydrogen) atoms. The number of carboxylic acids is 1. The Bertz CT molecular complexity index is 1900. The third-order valence-corrected chi connectivity index (χ3v) is 6.91. The molecule has 5 aromatic rings. The first-order chi connectivity index (χ1) is 18.6. The quantitative estimate of drug-likeness (QED) is 0.147. The van der Waals surface area contributed by atoms with Gasteiger partial charge in [-0.05, 0) is 45.8 Å². The number of fused-ring (bicyclic) bond motifs is 2. The number of ether oxygens (including phenoxy) is 1. The summed E-state index contributed by atoms with van der Waals surface area (Å²) in [7, 11) is -4.90. The number of benzene rings is 5. The number of carbonyl (C=O) groups excluding carboxylic acids is 2. The Labute approximate surface area is 222 Å². The lowest BCUT2D eigenvalue weighted by Gasteiger charge is -2.16. The first kappa shape index (κ1) is 25.6. The summed E-state index contributed by atoms with van der Waals surface area (Å²) in [6, 6.07) is 25.4. The van der Waals surface area contributed by atoms with E-state index in [-0.39, 0.29) is 11.1 Å². The van der Waals surface area contributed by atoms with Crippen LogP contribution in [0.2, 0.25) is 0 Å². The van der Waals surface area contributed by atoms with Crippen LogP contribution < -0.4 is 10.1 Å². The van der Waals surface area contributed by atoms with Crippen molar-refractivity contribution in [3.8, 4) is 5.75 Å². The van der Waals surface area contributed by atoms with Gasteiger partial charge in [-0.2, -0.15) is 8.42 Å². The third-order valence-electron chi connectivity index (χ3n) is 6.08. The monoisotopic (exact) mass is 541 g/mol. The van der Waals surface area contributed by atoms with Gasteiger partial charge in [0.05, 0.1) is 16.1 Å². The molecule has 0 fully saturated rings. The molecular weight excluding hydrogens is 522 g/mol. The normalized spacial score (nSPS) is 11.3. The summed E-state index contributed by atoms with van der Waals surface area (Å²) < 4.78 is 39.0. The van der Waals surface area contributed by atoms with Crippen molar-refractivity contribution in [1.29, 1.82) is 0 Å². The Hall–Kier alpha value is -5.06. The smallest absolute Gasteiger partial charge is 0.344 e. The van der Waals surface area contributed by atoms with E-state index in [9.17, 15) is 32.5 Å². The molecule has 194 valence electrons. The Kier molecular flexibility index (Phi) is 6.57. The van der Waals surface area contributed by atoms with Crippen molar-refractivity contribution < 1.29 is 37.2 Å². The summed E-state index contributed by atoms with van der Waals surface area (Å²) in [6.07, 6.45) is 0. The average molecular weight is 542 g/mol. The molecule has 10 heteroatoms. The Morgan fingerprint density at radius 1 is 0.692 bits per heavy atom. The van der Waals surface area contributed by atoms with Gasteiger partial charge in [0.2, 0.25) is 0 Å². The molecule has 0 radical (unpaired) electrons. The maximum absolute atomic E-state index is 13.3. The second-order valence-electron chi connectivity index (χ2n) is 8.52. The SMILES string of the molecule is O=C(O)c1cc(S(=O)(=O)O)cc(NC(=O)c2cccc3ccccc23)c1OC(=O)c1cccc2ccccc12. The molecule has 0 saturated carbocycles. The van der Waals surface area contributed by atoms with E-state index in [1.54, 1.807) is 72.8 Å². The van der Waals surface area contributed by atoms with E-state index >= 15 is 0 Å². The van der Waals surface area contributed by atoms with Gasteiger partial charge in [0.25, 0.3) is 16.0 Å². The van der Waals surface area contributed by atoms with Crippen LogP contribution >= 0.6 is 0 Å². The van der Waals surface area contributed by atoms with Crippen molar-refractivity contribution >= 4 is 55.2 Å². The zero-order chi connectivity index (χ0) is 27.7. The second kappa shape index (κ2) is 10.0. The van der Waals surface area contributed by atoms with E-state index in [1.165, 1.54) is 12.1 Å². The van der Waals surface area contributed by atoms with Crippen molar-refractivity contribution in [2.45, 2.75) is 4.90 Å². The number of nitrogens with one attached hydrogen (secondary N) is 1. The topological polar surface area (TPSA) is 147 Å². The molecule has 5 rings (SSSR count). The minimum absolute atomic E-state index is 0.120. The van der Waals surface area contributed by atoms with E-state index in [1.807, 2.05) is 0 Å². The zero-order valence-corrected chi connectivity index (χ0v) is 20.8. The average Bonchev–Trinajstić information content (AvgIpc) is 2.92. The highest BCUT2D eigenvalue weighted by atomic mass is 32.2. The van der Waals surface area contributed by atoms with E-state index in [2.05, 4.69) is 5.32 Å². The summed E-state index contributed by atoms with van der Waals surface area (Å²) >= 11 is 0. The van der Waals surface area contributed by atoms with Crippen molar-refractivity contribution in [3.05, 3.63) is 114 Å². The van der Waals surface area contributed by atoms with Gasteiger partial charge in [-0.25, -0.2) is 9.59 Å². The maximum Gasteiger partial charge on any atom is 0.344 e. The predicted octanol–water partition coefficient (Wildman–Crippen LogP) is 5.41. The highest BCUT2D eigenvalue weighted by molar-refractivity contribution is 7.85. The van der Waals surface area contributed by atoms with Crippen LogP contribution in [0.4, 0.5) is 5.69 Å².